The number of carboxylic acid groups (broad SMARTS) is 1. The summed E-state index contributed by atoms with van der Waals surface area (Å²) in [4.78, 5) is 34.4. The Bertz CT molecular complexity index is 1070. The molecule has 1 amide bonds. The van der Waals surface area contributed by atoms with E-state index in [9.17, 15) is 14.0 Å². The van der Waals surface area contributed by atoms with Crippen LogP contribution in [0.2, 0.25) is 5.02 Å². The number of hydrogen-bond donors (Lipinski definition) is 3. The molecule has 0 saturated heterocycles. The molecule has 0 aliphatic carbocycles. The molecule has 0 atom stereocenters. The fraction of sp³-hybridized carbons (Fsp3) is 0. The van der Waals surface area contributed by atoms with Crippen LogP contribution >= 0.6 is 11.6 Å². The van der Waals surface area contributed by atoms with Gasteiger partial charge in [0.15, 0.2) is 0 Å². The molecular weight excluding hydrogens is 377 g/mol. The number of aromatic nitrogens is 3. The lowest BCUT2D eigenvalue weighted by Gasteiger charge is -2.10. The van der Waals surface area contributed by atoms with Gasteiger partial charge in [-0.2, -0.15) is 0 Å². The molecule has 8 nitrogen and oxygen atoms in total. The van der Waals surface area contributed by atoms with Crippen molar-refractivity contribution in [3.8, 4) is 0 Å². The van der Waals surface area contributed by atoms with Gasteiger partial charge in [0, 0.05) is 23.2 Å². The van der Waals surface area contributed by atoms with Crippen LogP contribution in [0.1, 0.15) is 0 Å². The molecule has 136 valence electrons. The standard InChI is InChI=1S/C17H11ClFN5O3/c18-11-5-9(1-2-12(11)19)23-17-10-6-14(20-7-13(10)21-8-22-17)24-15(25)3-4-16(26)27/h1-8H,(H,26,27)(H,20,24,25)(H,21,22,23). The third kappa shape index (κ3) is 4.53. The molecule has 3 N–H and O–H groups in total. The smallest absolute Gasteiger partial charge is 0.328 e. The summed E-state index contributed by atoms with van der Waals surface area (Å²) in [6, 6.07) is 5.65. The van der Waals surface area contributed by atoms with Gasteiger partial charge in [0.05, 0.1) is 16.7 Å². The topological polar surface area (TPSA) is 117 Å². The molecule has 3 rings (SSSR count). The minimum Gasteiger partial charge on any atom is -0.478 e. The third-order valence-electron chi connectivity index (χ3n) is 3.33. The van der Waals surface area contributed by atoms with Crippen LogP contribution in [0.4, 0.5) is 21.7 Å². The zero-order valence-electron chi connectivity index (χ0n) is 13.5. The predicted molar refractivity (Wildman–Crippen MR) is 97.4 cm³/mol. The van der Waals surface area contributed by atoms with Crippen molar-refractivity contribution in [2.75, 3.05) is 10.6 Å². The van der Waals surface area contributed by atoms with Gasteiger partial charge in [-0.3, -0.25) is 4.79 Å². The van der Waals surface area contributed by atoms with Crippen LogP contribution in [0, 0.1) is 5.82 Å². The van der Waals surface area contributed by atoms with Crippen LogP contribution in [0.3, 0.4) is 0 Å². The van der Waals surface area contributed by atoms with Crippen molar-refractivity contribution in [1.82, 2.24) is 15.0 Å². The van der Waals surface area contributed by atoms with Gasteiger partial charge in [-0.15, -0.1) is 0 Å². The highest BCUT2D eigenvalue weighted by atomic mass is 35.5. The molecule has 0 radical (unpaired) electrons. The normalized spacial score (nSPS) is 10.9. The van der Waals surface area contributed by atoms with E-state index in [0.29, 0.717) is 28.5 Å². The van der Waals surface area contributed by atoms with Gasteiger partial charge in [0.2, 0.25) is 5.91 Å². The molecule has 2 heterocycles. The molecule has 0 aliphatic heterocycles. The van der Waals surface area contributed by atoms with Crippen molar-refractivity contribution in [3.05, 3.63) is 59.8 Å². The monoisotopic (exact) mass is 387 g/mol. The molecule has 27 heavy (non-hydrogen) atoms. The number of benzene rings is 1. The van der Waals surface area contributed by atoms with Gasteiger partial charge < -0.3 is 15.7 Å². The maximum Gasteiger partial charge on any atom is 0.328 e. The van der Waals surface area contributed by atoms with E-state index in [1.54, 1.807) is 0 Å². The van der Waals surface area contributed by atoms with Crippen molar-refractivity contribution in [1.29, 1.82) is 0 Å². The Kier molecular flexibility index (Phi) is 5.23. The van der Waals surface area contributed by atoms with E-state index in [0.717, 1.165) is 6.08 Å². The van der Waals surface area contributed by atoms with E-state index in [1.807, 2.05) is 0 Å². The molecule has 0 fully saturated rings. The van der Waals surface area contributed by atoms with Crippen LogP contribution in [0.25, 0.3) is 10.9 Å². The van der Waals surface area contributed by atoms with Gasteiger partial charge in [-0.05, 0) is 24.3 Å². The molecule has 10 heteroatoms. The second kappa shape index (κ2) is 7.75. The molecule has 0 saturated carbocycles. The largest absolute Gasteiger partial charge is 0.478 e. The van der Waals surface area contributed by atoms with Gasteiger partial charge in [-0.1, -0.05) is 11.6 Å². The number of carboxylic acids is 1. The highest BCUT2D eigenvalue weighted by molar-refractivity contribution is 6.31. The van der Waals surface area contributed by atoms with Crippen LogP contribution < -0.4 is 10.6 Å². The highest BCUT2D eigenvalue weighted by Crippen LogP contribution is 2.26. The maximum atomic E-state index is 13.3. The number of fused-ring (bicyclic) bond motifs is 1. The number of nitrogens with one attached hydrogen (secondary N) is 2. The summed E-state index contributed by atoms with van der Waals surface area (Å²) in [7, 11) is 0. The predicted octanol–water partition coefficient (Wildman–Crippen LogP) is 3.14. The first-order valence-corrected chi connectivity index (χ1v) is 7.85. The Morgan fingerprint density at radius 3 is 2.70 bits per heavy atom. The first-order chi connectivity index (χ1) is 12.9. The number of nitrogens with zero attached hydrogens (tertiary/aromatic N) is 3. The second-order valence-corrected chi connectivity index (χ2v) is 5.63. The summed E-state index contributed by atoms with van der Waals surface area (Å²) in [6.45, 7) is 0. The lowest BCUT2D eigenvalue weighted by molar-refractivity contribution is -0.131. The number of rotatable bonds is 5. The Morgan fingerprint density at radius 1 is 1.15 bits per heavy atom. The molecular formula is C17H11ClFN5O3. The summed E-state index contributed by atoms with van der Waals surface area (Å²) >= 11 is 5.78. The molecule has 1 aromatic carbocycles. The van der Waals surface area contributed by atoms with Crippen LogP contribution in [-0.4, -0.2) is 31.9 Å². The first kappa shape index (κ1) is 18.2. The molecule has 2 aromatic heterocycles. The Balaban J connectivity index is 1.90. The first-order valence-electron chi connectivity index (χ1n) is 7.47. The zero-order chi connectivity index (χ0) is 19.4. The van der Waals surface area contributed by atoms with Crippen LogP contribution in [0.15, 0.2) is 48.9 Å². The number of carbonyl (C=O) groups excluding carboxylic acids is 1. The van der Waals surface area contributed by atoms with Gasteiger partial charge >= 0.3 is 5.97 Å². The molecule has 3 aromatic rings. The minimum atomic E-state index is -1.24. The lowest BCUT2D eigenvalue weighted by atomic mass is 10.2. The lowest BCUT2D eigenvalue weighted by Crippen LogP contribution is -2.10. The summed E-state index contributed by atoms with van der Waals surface area (Å²) in [5.74, 6) is -1.87. The molecule has 0 spiro atoms. The van der Waals surface area contributed by atoms with E-state index in [1.165, 1.54) is 36.8 Å². The van der Waals surface area contributed by atoms with Gasteiger partial charge in [-0.25, -0.2) is 24.1 Å². The van der Waals surface area contributed by atoms with E-state index in [-0.39, 0.29) is 10.8 Å². The van der Waals surface area contributed by atoms with E-state index >= 15 is 0 Å². The number of aliphatic carboxylic acids is 1. The van der Waals surface area contributed by atoms with Gasteiger partial charge in [0.1, 0.15) is 23.8 Å². The SMILES string of the molecule is O=C(O)C=CC(=O)Nc1cc2c(Nc3ccc(F)c(Cl)c3)ncnc2cn1. The fourth-order valence-corrected chi connectivity index (χ4v) is 2.33. The molecule has 0 unspecified atom stereocenters. The average molecular weight is 388 g/mol. The van der Waals surface area contributed by atoms with Crippen LogP contribution in [0.5, 0.6) is 0 Å². The van der Waals surface area contributed by atoms with Gasteiger partial charge in [0.25, 0.3) is 0 Å². The number of amides is 1. The third-order valence-corrected chi connectivity index (χ3v) is 3.62. The zero-order valence-corrected chi connectivity index (χ0v) is 14.2. The number of anilines is 3. The second-order valence-electron chi connectivity index (χ2n) is 5.22. The van der Waals surface area contributed by atoms with Crippen LogP contribution in [-0.2, 0) is 9.59 Å². The highest BCUT2D eigenvalue weighted by Gasteiger charge is 2.09. The van der Waals surface area contributed by atoms with E-state index in [2.05, 4.69) is 25.6 Å². The summed E-state index contributed by atoms with van der Waals surface area (Å²) in [5, 5.41) is 14.5. The number of halogens is 2. The van der Waals surface area contributed by atoms with Crippen molar-refractivity contribution < 1.29 is 19.1 Å². The van der Waals surface area contributed by atoms with E-state index < -0.39 is 17.7 Å². The Morgan fingerprint density at radius 2 is 1.96 bits per heavy atom. The maximum absolute atomic E-state index is 13.3. The summed E-state index contributed by atoms with van der Waals surface area (Å²) in [6.07, 6.45) is 4.34. The van der Waals surface area contributed by atoms with Crippen molar-refractivity contribution in [2.45, 2.75) is 0 Å². The fourth-order valence-electron chi connectivity index (χ4n) is 2.15. The quantitative estimate of drug-likeness (QED) is 0.575. The minimum absolute atomic E-state index is 0.0433. The Labute approximate surface area is 156 Å². The number of hydrogen-bond acceptors (Lipinski definition) is 6. The number of carbonyl (C=O) groups is 2. The average Bonchev–Trinajstić information content (AvgIpc) is 2.63. The van der Waals surface area contributed by atoms with E-state index in [4.69, 9.17) is 16.7 Å². The summed E-state index contributed by atoms with van der Waals surface area (Å²) in [5.41, 5.74) is 1.01. The van der Waals surface area contributed by atoms with Crippen molar-refractivity contribution in [3.63, 3.8) is 0 Å². The van der Waals surface area contributed by atoms with Crippen molar-refractivity contribution >= 4 is 51.7 Å². The molecule has 0 bridgehead atoms. The summed E-state index contributed by atoms with van der Waals surface area (Å²) < 4.78 is 13.3. The number of pyridine rings is 1. The van der Waals surface area contributed by atoms with Crippen molar-refractivity contribution in [2.24, 2.45) is 0 Å². The molecule has 0 aliphatic rings. The Hall–Kier alpha value is -3.59.